The van der Waals surface area contributed by atoms with Crippen molar-refractivity contribution in [1.29, 1.82) is 0 Å². The SMILES string of the molecule is C/C=C1\OC(C)(C)OC(O[Si](C)(C)C)=C1C.CC[C@H](C)C[C@@](C)(OC)[C@H](O)[C@@H](C)C1=C(C)C(=O)OC(C)(C)O1.CC[C@H](C)C[C@@](C)(OC)[C@H](O)[C@H](C)C1=C(C)C(=O)OC(C)(C)O1.CC[C@H](C)C[C@](C)(C=O)OC. The molecule has 0 aromatic heterocycles. The molecule has 0 aromatic carbocycles. The van der Waals surface area contributed by atoms with Crippen LogP contribution in [-0.2, 0) is 61.4 Å². The Kier molecular flexibility index (Phi) is 27.3. The highest BCUT2D eigenvalue weighted by Crippen LogP contribution is 2.40. The monoisotopic (exact) mass is 1060 g/mol. The van der Waals surface area contributed by atoms with Crippen molar-refractivity contribution in [2.45, 2.75) is 250 Å². The van der Waals surface area contributed by atoms with E-state index in [1.165, 1.54) is 0 Å². The summed E-state index contributed by atoms with van der Waals surface area (Å²) in [5.41, 5.74) is -0.261. The van der Waals surface area contributed by atoms with Gasteiger partial charge >= 0.3 is 11.9 Å². The minimum absolute atomic E-state index is 0.379. The maximum atomic E-state index is 12.0. The van der Waals surface area contributed by atoms with E-state index in [9.17, 15) is 24.6 Å². The van der Waals surface area contributed by atoms with Gasteiger partial charge in [-0.05, 0) is 111 Å². The highest BCUT2D eigenvalue weighted by Gasteiger charge is 2.46. The Morgan fingerprint density at radius 3 is 1.21 bits per heavy atom. The largest absolute Gasteiger partial charge is 0.519 e. The van der Waals surface area contributed by atoms with Gasteiger partial charge < -0.3 is 62.1 Å². The number of allylic oxidation sites excluding steroid dienone is 2. The van der Waals surface area contributed by atoms with Crippen LogP contribution < -0.4 is 0 Å². The maximum Gasteiger partial charge on any atom is 0.340 e. The third-order valence-electron chi connectivity index (χ3n) is 13.8. The Balaban J connectivity index is 0.000000981. The minimum atomic E-state index is -1.66. The molecule has 15 nitrogen and oxygen atoms in total. The highest BCUT2D eigenvalue weighted by molar-refractivity contribution is 6.70. The number of aldehydes is 1. The zero-order chi connectivity index (χ0) is 57.5. The van der Waals surface area contributed by atoms with Gasteiger partial charge in [0.25, 0.3) is 5.95 Å². The zero-order valence-corrected chi connectivity index (χ0v) is 51.6. The molecule has 3 aliphatic heterocycles. The third kappa shape index (κ3) is 21.6. The Labute approximate surface area is 443 Å². The summed E-state index contributed by atoms with van der Waals surface area (Å²) >= 11 is 0. The Morgan fingerprint density at radius 1 is 0.575 bits per heavy atom. The molecule has 426 valence electrons. The van der Waals surface area contributed by atoms with Gasteiger partial charge in [-0.2, -0.15) is 0 Å². The predicted molar refractivity (Wildman–Crippen MR) is 290 cm³/mol. The smallest absolute Gasteiger partial charge is 0.340 e. The fourth-order valence-corrected chi connectivity index (χ4v) is 9.24. The lowest BCUT2D eigenvalue weighted by Crippen LogP contribution is -2.48. The van der Waals surface area contributed by atoms with Gasteiger partial charge in [0.1, 0.15) is 22.9 Å². The molecule has 0 saturated carbocycles. The number of carbonyl (C=O) groups is 3. The van der Waals surface area contributed by atoms with Crippen LogP contribution >= 0.6 is 0 Å². The van der Waals surface area contributed by atoms with Crippen molar-refractivity contribution in [3.63, 3.8) is 0 Å². The first-order chi connectivity index (χ1) is 33.2. The maximum absolute atomic E-state index is 12.0. The van der Waals surface area contributed by atoms with Gasteiger partial charge in [-0.15, -0.1) is 0 Å². The molecule has 3 aliphatic rings. The number of hydrogen-bond donors (Lipinski definition) is 2. The number of cyclic esters (lactones) is 2. The number of hydrogen-bond acceptors (Lipinski definition) is 15. The summed E-state index contributed by atoms with van der Waals surface area (Å²) in [6.07, 6.45) is 6.61. The Bertz CT molecular complexity index is 1820. The van der Waals surface area contributed by atoms with E-state index < -0.39 is 66.6 Å². The van der Waals surface area contributed by atoms with Crippen molar-refractivity contribution in [3.8, 4) is 0 Å². The van der Waals surface area contributed by atoms with Crippen LogP contribution in [0.2, 0.25) is 19.6 Å². The van der Waals surface area contributed by atoms with Crippen molar-refractivity contribution in [2.75, 3.05) is 21.3 Å². The van der Waals surface area contributed by atoms with E-state index in [1.54, 1.807) is 62.9 Å². The molecule has 3 heterocycles. The molecule has 16 heteroatoms. The van der Waals surface area contributed by atoms with Gasteiger partial charge in [-0.3, -0.25) is 0 Å². The summed E-state index contributed by atoms with van der Waals surface area (Å²) in [6.45, 7) is 46.2. The molecule has 0 aromatic rings. The van der Waals surface area contributed by atoms with E-state index in [0.717, 1.165) is 56.1 Å². The summed E-state index contributed by atoms with van der Waals surface area (Å²) in [6, 6.07) is 0. The van der Waals surface area contributed by atoms with Crippen LogP contribution in [0, 0.1) is 29.6 Å². The van der Waals surface area contributed by atoms with E-state index in [1.807, 2.05) is 68.4 Å². The second kappa shape index (κ2) is 28.6. The van der Waals surface area contributed by atoms with Crippen molar-refractivity contribution >= 4 is 26.5 Å². The fourth-order valence-electron chi connectivity index (χ4n) is 8.49. The molecule has 0 spiro atoms. The average Bonchev–Trinajstić information content (AvgIpc) is 3.30. The number of esters is 2. The lowest BCUT2D eigenvalue weighted by atomic mass is 9.80. The van der Waals surface area contributed by atoms with Crippen LogP contribution in [0.3, 0.4) is 0 Å². The summed E-state index contributed by atoms with van der Waals surface area (Å²) in [4.78, 5) is 34.6. The van der Waals surface area contributed by atoms with Crippen molar-refractivity contribution in [2.24, 2.45) is 29.6 Å². The summed E-state index contributed by atoms with van der Waals surface area (Å²) in [5, 5.41) is 21.8. The van der Waals surface area contributed by atoms with E-state index in [2.05, 4.69) is 61.2 Å². The molecular formula is C57H104O15Si. The van der Waals surface area contributed by atoms with Crippen LogP contribution in [0.25, 0.3) is 0 Å². The number of aliphatic hydroxyl groups is 2. The fraction of sp³-hybridized carbons (Fsp3) is 0.807. The number of methoxy groups -OCH3 is 3. The molecular weight excluding hydrogens is 953 g/mol. The second-order valence-electron chi connectivity index (χ2n) is 23.4. The van der Waals surface area contributed by atoms with Gasteiger partial charge in [-0.25, -0.2) is 9.59 Å². The molecule has 3 rings (SSSR count). The molecule has 2 N–H and O–H groups in total. The normalized spacial score (nSPS) is 23.2. The van der Waals surface area contributed by atoms with Crippen LogP contribution in [0.1, 0.15) is 184 Å². The van der Waals surface area contributed by atoms with Gasteiger partial charge in [-0.1, -0.05) is 74.7 Å². The molecule has 0 saturated heterocycles. The van der Waals surface area contributed by atoms with E-state index in [-0.39, 0.29) is 11.8 Å². The van der Waals surface area contributed by atoms with Crippen LogP contribution in [0.4, 0.5) is 0 Å². The van der Waals surface area contributed by atoms with E-state index in [0.29, 0.717) is 46.4 Å². The zero-order valence-electron chi connectivity index (χ0n) is 50.6. The van der Waals surface area contributed by atoms with Crippen molar-refractivity contribution in [1.82, 2.24) is 0 Å². The van der Waals surface area contributed by atoms with E-state index in [4.69, 9.17) is 47.1 Å². The molecule has 73 heavy (non-hydrogen) atoms. The van der Waals surface area contributed by atoms with Gasteiger partial charge in [0, 0.05) is 74.7 Å². The topological polar surface area (TPSA) is 184 Å². The number of aliphatic hydroxyl groups excluding tert-OH is 2. The first-order valence-corrected chi connectivity index (χ1v) is 29.8. The summed E-state index contributed by atoms with van der Waals surface area (Å²) < 4.78 is 55.8. The first-order valence-electron chi connectivity index (χ1n) is 26.3. The van der Waals surface area contributed by atoms with Crippen LogP contribution in [-0.4, -0.2) is 104 Å². The Hall–Kier alpha value is -3.41. The van der Waals surface area contributed by atoms with Gasteiger partial charge in [0.2, 0.25) is 25.7 Å². The minimum Gasteiger partial charge on any atom is -0.519 e. The summed E-state index contributed by atoms with van der Waals surface area (Å²) in [5.74, 6) is -0.483. The number of rotatable bonds is 21. The van der Waals surface area contributed by atoms with Gasteiger partial charge in [0.05, 0.1) is 40.1 Å². The van der Waals surface area contributed by atoms with Crippen molar-refractivity contribution in [3.05, 3.63) is 46.0 Å². The van der Waals surface area contributed by atoms with Crippen molar-refractivity contribution < 1.29 is 71.7 Å². The predicted octanol–water partition coefficient (Wildman–Crippen LogP) is 12.6. The first kappa shape index (κ1) is 69.6. The van der Waals surface area contributed by atoms with Crippen LogP contribution in [0.15, 0.2) is 46.0 Å². The standard InChI is InChI=1S/2C18H32O5.C12H22O3Si.C9H18O2/c2*1-9-11(2)10-18(7,21-8)15(19)12(3)14-13(4)16(20)23-17(5,6)22-14;1-8-10-9(2)11(15-16(5,6)7)14-12(3,4)13-10;1-5-8(2)6-9(3,7-10)11-4/h2*11-12,15,19H,9-10H2,1-8H3;8H,1-7H3;7-8H,5-6H2,1-4H3/b;;10-8-;/t11-,12+,15+,18+;11-,12-,15+,18+;;8-,9+/m00.0/s1. The lowest BCUT2D eigenvalue weighted by Gasteiger charge is -2.41. The van der Waals surface area contributed by atoms with E-state index >= 15 is 0 Å². The lowest BCUT2D eigenvalue weighted by molar-refractivity contribution is -0.216. The third-order valence-corrected chi connectivity index (χ3v) is 14.6. The number of carbonyl (C=O) groups excluding carboxylic acids is 3. The molecule has 0 fully saturated rings. The van der Waals surface area contributed by atoms with Crippen LogP contribution in [0.5, 0.6) is 0 Å². The highest BCUT2D eigenvalue weighted by atomic mass is 28.4. The molecule has 10 atom stereocenters. The molecule has 0 amide bonds. The molecule has 0 unspecified atom stereocenters. The Morgan fingerprint density at radius 2 is 0.918 bits per heavy atom. The molecule has 0 radical (unpaired) electrons. The molecule has 0 bridgehead atoms. The number of ether oxygens (including phenoxy) is 9. The molecule has 0 aliphatic carbocycles. The van der Waals surface area contributed by atoms with Gasteiger partial charge in [0.15, 0.2) is 6.29 Å². The average molecular weight is 1060 g/mol. The second-order valence-corrected chi connectivity index (χ2v) is 27.9. The summed E-state index contributed by atoms with van der Waals surface area (Å²) in [7, 11) is 3.14. The quantitative estimate of drug-likeness (QED) is 0.0628.